The Morgan fingerprint density at radius 3 is 0.553 bits per heavy atom. The van der Waals surface area contributed by atoms with Crippen molar-refractivity contribution in [1.82, 2.24) is 6.15 Å². The van der Waals surface area contributed by atoms with Crippen LogP contribution in [-0.4, -0.2) is 7.32 Å². The Labute approximate surface area is 198 Å². The fourth-order valence-corrected chi connectivity index (χ4v) is 2.43. The van der Waals surface area contributed by atoms with Gasteiger partial charge in [0.25, 0.3) is 0 Å². The maximum absolute atomic E-state index is 13.9. The first-order chi connectivity index (χ1) is 17.1. The first-order valence-electron chi connectivity index (χ1n) is 8.65. The van der Waals surface area contributed by atoms with Crippen molar-refractivity contribution < 1.29 is 79.8 Å². The second-order valence-corrected chi connectivity index (χ2v) is 6.34. The number of benzene rings is 3. The number of hydrogen-bond acceptors (Lipinski definition) is 4. The molecule has 3 N–H and O–H groups in total. The molecule has 206 valence electrons. The SMILES string of the molecule is Fc1c(F)c(F)c(OB(Oc2c(F)c(F)c(F)c(F)c2F)Oc2c(F)c(F)c(F)c(F)c2F)c(F)c1F.N. The van der Waals surface area contributed by atoms with Gasteiger partial charge in [-0.1, -0.05) is 0 Å². The summed E-state index contributed by atoms with van der Waals surface area (Å²) < 4.78 is 216. The Morgan fingerprint density at radius 2 is 0.395 bits per heavy atom. The molecule has 3 aromatic carbocycles. The summed E-state index contributed by atoms with van der Waals surface area (Å²) in [4.78, 5) is 0. The van der Waals surface area contributed by atoms with E-state index in [1.807, 2.05) is 0 Å². The van der Waals surface area contributed by atoms with Gasteiger partial charge in [0.15, 0.2) is 17.2 Å². The molecule has 0 bridgehead atoms. The van der Waals surface area contributed by atoms with E-state index < -0.39 is 112 Å². The average molecular weight is 577 g/mol. The van der Waals surface area contributed by atoms with Gasteiger partial charge >= 0.3 is 7.32 Å². The monoisotopic (exact) mass is 577 g/mol. The molecule has 0 fully saturated rings. The zero-order valence-corrected chi connectivity index (χ0v) is 17.2. The van der Waals surface area contributed by atoms with E-state index in [0.717, 1.165) is 0 Å². The molecule has 0 spiro atoms. The summed E-state index contributed by atoms with van der Waals surface area (Å²) in [6.07, 6.45) is 0. The van der Waals surface area contributed by atoms with Gasteiger partial charge in [0.2, 0.25) is 87.3 Å². The van der Waals surface area contributed by atoms with Gasteiger partial charge in [-0.25, -0.2) is 39.5 Å². The summed E-state index contributed by atoms with van der Waals surface area (Å²) in [5, 5.41) is 0. The first-order valence-corrected chi connectivity index (χ1v) is 8.65. The van der Waals surface area contributed by atoms with Crippen molar-refractivity contribution in [2.24, 2.45) is 0 Å². The van der Waals surface area contributed by atoms with Gasteiger partial charge in [0.1, 0.15) is 0 Å². The van der Waals surface area contributed by atoms with Crippen LogP contribution in [0.4, 0.5) is 65.9 Å². The molecule has 0 atom stereocenters. The maximum atomic E-state index is 13.9. The van der Waals surface area contributed by atoms with Crippen LogP contribution in [0.25, 0.3) is 0 Å². The van der Waals surface area contributed by atoms with Crippen LogP contribution in [0.2, 0.25) is 0 Å². The van der Waals surface area contributed by atoms with Crippen LogP contribution >= 0.6 is 0 Å². The Balaban J connectivity index is 0.00000507. The molecule has 0 heterocycles. The van der Waals surface area contributed by atoms with E-state index in [-0.39, 0.29) is 6.15 Å². The minimum absolute atomic E-state index is 0. The molecule has 0 saturated carbocycles. The van der Waals surface area contributed by atoms with Crippen LogP contribution in [0.1, 0.15) is 0 Å². The highest BCUT2D eigenvalue weighted by atomic mass is 19.2. The van der Waals surface area contributed by atoms with Gasteiger partial charge in [-0.15, -0.1) is 0 Å². The third-order valence-corrected chi connectivity index (χ3v) is 4.15. The quantitative estimate of drug-likeness (QED) is 0.158. The van der Waals surface area contributed by atoms with Gasteiger partial charge in [-0.3, -0.25) is 0 Å². The van der Waals surface area contributed by atoms with E-state index in [4.69, 9.17) is 0 Å². The lowest BCUT2D eigenvalue weighted by atomic mass is 10.1. The molecule has 3 rings (SSSR count). The first kappa shape index (κ1) is 30.3. The molecule has 0 aliphatic carbocycles. The highest BCUT2D eigenvalue weighted by Gasteiger charge is 2.42. The van der Waals surface area contributed by atoms with Gasteiger partial charge in [0.05, 0.1) is 0 Å². The van der Waals surface area contributed by atoms with Gasteiger partial charge in [-0.05, 0) is 0 Å². The van der Waals surface area contributed by atoms with Gasteiger partial charge < -0.3 is 20.1 Å². The summed E-state index contributed by atoms with van der Waals surface area (Å²) in [6, 6.07) is 0. The summed E-state index contributed by atoms with van der Waals surface area (Å²) in [7, 11) is -3.75. The molecule has 0 unspecified atom stereocenters. The smallest absolute Gasteiger partial charge is 0.484 e. The fourth-order valence-electron chi connectivity index (χ4n) is 2.43. The van der Waals surface area contributed by atoms with E-state index in [9.17, 15) is 65.9 Å². The van der Waals surface area contributed by atoms with E-state index in [1.54, 1.807) is 0 Å². The van der Waals surface area contributed by atoms with Crippen molar-refractivity contribution in [2.75, 3.05) is 0 Å². The third-order valence-electron chi connectivity index (χ3n) is 4.15. The zero-order valence-electron chi connectivity index (χ0n) is 17.2. The fraction of sp³-hybridized carbons (Fsp3) is 0. The Bertz CT molecular complexity index is 1180. The molecule has 4 nitrogen and oxygen atoms in total. The van der Waals surface area contributed by atoms with Crippen molar-refractivity contribution in [3.63, 3.8) is 0 Å². The molecule has 38 heavy (non-hydrogen) atoms. The van der Waals surface area contributed by atoms with Crippen LogP contribution in [0.3, 0.4) is 0 Å². The van der Waals surface area contributed by atoms with E-state index in [2.05, 4.69) is 14.0 Å². The van der Waals surface area contributed by atoms with Crippen LogP contribution < -0.4 is 20.1 Å². The van der Waals surface area contributed by atoms with Crippen LogP contribution in [0.15, 0.2) is 0 Å². The van der Waals surface area contributed by atoms with Gasteiger partial charge in [0, 0.05) is 0 Å². The Hall–Kier alpha value is -3.97. The molecule has 0 aliphatic heterocycles. The number of hydrogen-bond donors (Lipinski definition) is 1. The summed E-state index contributed by atoms with van der Waals surface area (Å²) in [5.74, 6) is -50.0. The second-order valence-electron chi connectivity index (χ2n) is 6.34. The minimum Gasteiger partial charge on any atom is -0.484 e. The molecule has 0 aromatic heterocycles. The van der Waals surface area contributed by atoms with Gasteiger partial charge in [-0.2, -0.15) is 26.3 Å². The molecular formula is C18H3BF15NO3. The molecule has 3 aromatic rings. The predicted molar refractivity (Wildman–Crippen MR) is 91.4 cm³/mol. The zero-order chi connectivity index (χ0) is 28.1. The highest BCUT2D eigenvalue weighted by molar-refractivity contribution is 6.39. The average Bonchev–Trinajstić information content (AvgIpc) is 2.88. The Kier molecular flexibility index (Phi) is 8.60. The van der Waals surface area contributed by atoms with Crippen molar-refractivity contribution in [3.05, 3.63) is 87.3 Å². The summed E-state index contributed by atoms with van der Waals surface area (Å²) >= 11 is 0. The standard InChI is InChI=1S/C18BF15O3.H3N/c20-1-4(23)10(29)16(11(30)5(1)24)35-19(36-17-12(31)6(25)2(21)7(26)13(17)32)37-18-14(33)8(27)3(22)9(28)15(18)34;/h;1H3. The third kappa shape index (κ3) is 4.82. The lowest BCUT2D eigenvalue weighted by Gasteiger charge is -2.19. The number of halogens is 15. The van der Waals surface area contributed by atoms with Crippen LogP contribution in [0.5, 0.6) is 17.2 Å². The second kappa shape index (κ2) is 10.8. The normalized spacial score (nSPS) is 10.8. The molecule has 0 aliphatic rings. The maximum Gasteiger partial charge on any atom is 0.864 e. The minimum atomic E-state index is -3.75. The predicted octanol–water partition coefficient (Wildman–Crippen LogP) is 6.46. The van der Waals surface area contributed by atoms with Crippen molar-refractivity contribution >= 4 is 7.32 Å². The lowest BCUT2D eigenvalue weighted by Crippen LogP contribution is -2.39. The topological polar surface area (TPSA) is 62.7 Å². The number of rotatable bonds is 6. The summed E-state index contributed by atoms with van der Waals surface area (Å²) in [5.41, 5.74) is 0. The van der Waals surface area contributed by atoms with Crippen LogP contribution in [0, 0.1) is 87.3 Å². The Morgan fingerprint density at radius 1 is 0.263 bits per heavy atom. The lowest BCUT2D eigenvalue weighted by molar-refractivity contribution is 0.247. The molecule has 0 saturated heterocycles. The largest absolute Gasteiger partial charge is 0.864 e. The molecule has 0 radical (unpaired) electrons. The van der Waals surface area contributed by atoms with E-state index >= 15 is 0 Å². The molecule has 20 heteroatoms. The molecule has 0 amide bonds. The van der Waals surface area contributed by atoms with Crippen molar-refractivity contribution in [2.45, 2.75) is 0 Å². The van der Waals surface area contributed by atoms with E-state index in [1.165, 1.54) is 0 Å². The van der Waals surface area contributed by atoms with Crippen molar-refractivity contribution in [1.29, 1.82) is 0 Å². The highest BCUT2D eigenvalue weighted by Crippen LogP contribution is 2.35. The summed E-state index contributed by atoms with van der Waals surface area (Å²) in [6.45, 7) is 0. The molecular weight excluding hydrogens is 574 g/mol. The van der Waals surface area contributed by atoms with E-state index in [0.29, 0.717) is 0 Å². The van der Waals surface area contributed by atoms with Crippen molar-refractivity contribution in [3.8, 4) is 17.2 Å². The van der Waals surface area contributed by atoms with Crippen LogP contribution in [-0.2, 0) is 0 Å².